The normalized spacial score (nSPS) is 14.5. The summed E-state index contributed by atoms with van der Waals surface area (Å²) in [6, 6.07) is 17.3. The second kappa shape index (κ2) is 9.17. The topological polar surface area (TPSA) is 80.3 Å². The molecule has 0 N–H and O–H groups in total. The third-order valence-corrected chi connectivity index (χ3v) is 6.11. The first kappa shape index (κ1) is 21.4. The van der Waals surface area contributed by atoms with Crippen molar-refractivity contribution in [3.63, 3.8) is 0 Å². The number of hydrogen-bond acceptors (Lipinski definition) is 7. The van der Waals surface area contributed by atoms with Gasteiger partial charge in [0.2, 0.25) is 11.7 Å². The number of para-hydroxylation sites is 1. The monoisotopic (exact) mass is 462 g/mol. The second-order valence-corrected chi connectivity index (χ2v) is 8.42. The van der Waals surface area contributed by atoms with Gasteiger partial charge in [0, 0.05) is 31.7 Å². The standard InChI is InChI=1S/C24H23ClN6O2/c1-17-7-9-18(10-8-17)23-27-21(33-28-23)16-29-11-13-30(14-12-29)20-15-26-31(24(32)22(20)25)19-5-3-2-4-6-19/h2-10,15H,11-14,16H2,1H3. The molecule has 0 unspecified atom stereocenters. The van der Waals surface area contributed by atoms with Gasteiger partial charge in [-0.3, -0.25) is 9.69 Å². The molecule has 0 radical (unpaired) electrons. The van der Waals surface area contributed by atoms with Gasteiger partial charge in [-0.25, -0.2) is 0 Å². The van der Waals surface area contributed by atoms with Gasteiger partial charge >= 0.3 is 0 Å². The van der Waals surface area contributed by atoms with Crippen molar-refractivity contribution in [3.8, 4) is 17.1 Å². The first-order valence-electron chi connectivity index (χ1n) is 10.8. The van der Waals surface area contributed by atoms with E-state index in [4.69, 9.17) is 16.1 Å². The minimum absolute atomic E-state index is 0.182. The average molecular weight is 463 g/mol. The molecule has 0 saturated carbocycles. The van der Waals surface area contributed by atoms with E-state index >= 15 is 0 Å². The zero-order chi connectivity index (χ0) is 22.8. The van der Waals surface area contributed by atoms with E-state index in [2.05, 4.69) is 25.0 Å². The number of halogens is 1. The molecule has 0 bridgehead atoms. The summed E-state index contributed by atoms with van der Waals surface area (Å²) < 4.78 is 6.78. The highest BCUT2D eigenvalue weighted by Gasteiger charge is 2.23. The summed E-state index contributed by atoms with van der Waals surface area (Å²) in [5.74, 6) is 1.18. The maximum Gasteiger partial charge on any atom is 0.292 e. The highest BCUT2D eigenvalue weighted by Crippen LogP contribution is 2.24. The number of nitrogens with zero attached hydrogens (tertiary/aromatic N) is 6. The van der Waals surface area contributed by atoms with Crippen molar-refractivity contribution in [2.75, 3.05) is 31.1 Å². The molecule has 0 atom stereocenters. The van der Waals surface area contributed by atoms with Crippen molar-refractivity contribution in [2.24, 2.45) is 0 Å². The quantitative estimate of drug-likeness (QED) is 0.448. The number of rotatable bonds is 5. The Hall–Kier alpha value is -3.49. The molecule has 9 heteroatoms. The van der Waals surface area contributed by atoms with Gasteiger partial charge in [0.15, 0.2) is 0 Å². The molecule has 0 spiro atoms. The molecule has 1 aliphatic heterocycles. The van der Waals surface area contributed by atoms with E-state index in [-0.39, 0.29) is 10.6 Å². The molecular weight excluding hydrogens is 440 g/mol. The first-order valence-corrected chi connectivity index (χ1v) is 11.2. The summed E-state index contributed by atoms with van der Waals surface area (Å²) in [6.45, 7) is 5.61. The molecule has 0 amide bonds. The molecular formula is C24H23ClN6O2. The van der Waals surface area contributed by atoms with Crippen molar-refractivity contribution < 1.29 is 4.52 Å². The van der Waals surface area contributed by atoms with Crippen LogP contribution in [0.25, 0.3) is 17.1 Å². The van der Waals surface area contributed by atoms with Gasteiger partial charge in [0.1, 0.15) is 5.02 Å². The van der Waals surface area contributed by atoms with Crippen LogP contribution in [-0.4, -0.2) is 51.0 Å². The maximum atomic E-state index is 12.8. The molecule has 2 aromatic carbocycles. The van der Waals surface area contributed by atoms with Crippen LogP contribution < -0.4 is 10.5 Å². The van der Waals surface area contributed by atoms with Gasteiger partial charge < -0.3 is 9.42 Å². The zero-order valence-electron chi connectivity index (χ0n) is 18.2. The largest absolute Gasteiger partial charge is 0.366 e. The SMILES string of the molecule is Cc1ccc(-c2noc(CN3CCN(c4cnn(-c5ccccc5)c(=O)c4Cl)CC3)n2)cc1. The third-order valence-electron chi connectivity index (χ3n) is 5.75. The van der Waals surface area contributed by atoms with Crippen LogP contribution in [-0.2, 0) is 6.54 Å². The van der Waals surface area contributed by atoms with Gasteiger partial charge in [-0.2, -0.15) is 14.8 Å². The minimum Gasteiger partial charge on any atom is -0.366 e. The van der Waals surface area contributed by atoms with E-state index in [1.165, 1.54) is 10.2 Å². The van der Waals surface area contributed by atoms with Crippen LogP contribution in [0, 0.1) is 6.92 Å². The Morgan fingerprint density at radius 1 is 1.00 bits per heavy atom. The Bertz CT molecular complexity index is 1290. The predicted octanol–water partition coefficient (Wildman–Crippen LogP) is 3.57. The first-order chi connectivity index (χ1) is 16.1. The number of piperazine rings is 1. The Morgan fingerprint density at radius 2 is 1.73 bits per heavy atom. The smallest absolute Gasteiger partial charge is 0.292 e. The van der Waals surface area contributed by atoms with Crippen molar-refractivity contribution in [2.45, 2.75) is 13.5 Å². The van der Waals surface area contributed by atoms with Gasteiger partial charge in [-0.1, -0.05) is 64.8 Å². The Labute approximate surface area is 196 Å². The number of anilines is 1. The van der Waals surface area contributed by atoms with Crippen molar-refractivity contribution in [1.29, 1.82) is 0 Å². The van der Waals surface area contributed by atoms with E-state index in [1.807, 2.05) is 61.5 Å². The average Bonchev–Trinajstić information content (AvgIpc) is 3.31. The predicted molar refractivity (Wildman–Crippen MR) is 127 cm³/mol. The Balaban J connectivity index is 1.23. The van der Waals surface area contributed by atoms with Crippen molar-refractivity contribution >= 4 is 17.3 Å². The lowest BCUT2D eigenvalue weighted by Crippen LogP contribution is -2.46. The summed E-state index contributed by atoms with van der Waals surface area (Å²) in [4.78, 5) is 21.7. The van der Waals surface area contributed by atoms with Gasteiger partial charge in [0.25, 0.3) is 5.56 Å². The van der Waals surface area contributed by atoms with Gasteiger partial charge in [0.05, 0.1) is 24.1 Å². The molecule has 1 aliphatic rings. The lowest BCUT2D eigenvalue weighted by Gasteiger charge is -2.35. The van der Waals surface area contributed by atoms with Crippen LogP contribution in [0.15, 0.2) is 70.1 Å². The Kier molecular flexibility index (Phi) is 5.93. The second-order valence-electron chi connectivity index (χ2n) is 8.04. The molecule has 3 heterocycles. The molecule has 0 aliphatic carbocycles. The van der Waals surface area contributed by atoms with E-state index in [0.717, 1.165) is 31.7 Å². The fourth-order valence-corrected chi connectivity index (χ4v) is 4.12. The summed E-state index contributed by atoms with van der Waals surface area (Å²) in [7, 11) is 0. The molecule has 8 nitrogen and oxygen atoms in total. The number of hydrogen-bond donors (Lipinski definition) is 0. The highest BCUT2D eigenvalue weighted by atomic mass is 35.5. The van der Waals surface area contributed by atoms with E-state index in [9.17, 15) is 4.79 Å². The molecule has 33 heavy (non-hydrogen) atoms. The van der Waals surface area contributed by atoms with E-state index in [1.54, 1.807) is 6.20 Å². The number of aromatic nitrogens is 4. The maximum absolute atomic E-state index is 12.8. The van der Waals surface area contributed by atoms with Crippen LogP contribution >= 0.6 is 11.6 Å². The fraction of sp³-hybridized carbons (Fsp3) is 0.250. The van der Waals surface area contributed by atoms with Crippen molar-refractivity contribution in [1.82, 2.24) is 24.8 Å². The van der Waals surface area contributed by atoms with Crippen LogP contribution in [0.1, 0.15) is 11.5 Å². The lowest BCUT2D eigenvalue weighted by atomic mass is 10.1. The molecule has 4 aromatic rings. The molecule has 1 fully saturated rings. The zero-order valence-corrected chi connectivity index (χ0v) is 18.9. The van der Waals surface area contributed by atoms with Crippen LogP contribution in [0.4, 0.5) is 5.69 Å². The number of benzene rings is 2. The van der Waals surface area contributed by atoms with Crippen molar-refractivity contribution in [3.05, 3.63) is 87.6 Å². The van der Waals surface area contributed by atoms with Crippen LogP contribution in [0.2, 0.25) is 5.02 Å². The fourth-order valence-electron chi connectivity index (χ4n) is 3.87. The molecule has 1 saturated heterocycles. The van der Waals surface area contributed by atoms with Gasteiger partial charge in [-0.15, -0.1) is 0 Å². The molecule has 168 valence electrons. The minimum atomic E-state index is -0.322. The lowest BCUT2D eigenvalue weighted by molar-refractivity contribution is 0.215. The summed E-state index contributed by atoms with van der Waals surface area (Å²) >= 11 is 6.46. The van der Waals surface area contributed by atoms with Gasteiger partial charge in [-0.05, 0) is 19.1 Å². The molecule has 2 aromatic heterocycles. The van der Waals surface area contributed by atoms with Crippen LogP contribution in [0.3, 0.4) is 0 Å². The third kappa shape index (κ3) is 4.53. The highest BCUT2D eigenvalue weighted by molar-refractivity contribution is 6.33. The van der Waals surface area contributed by atoms with E-state index < -0.39 is 0 Å². The summed E-state index contributed by atoms with van der Waals surface area (Å²) in [6.07, 6.45) is 1.66. The van der Waals surface area contributed by atoms with Crippen LogP contribution in [0.5, 0.6) is 0 Å². The summed E-state index contributed by atoms with van der Waals surface area (Å²) in [5, 5.41) is 8.63. The molecule has 5 rings (SSSR count). The van der Waals surface area contributed by atoms with E-state index in [0.29, 0.717) is 29.6 Å². The Morgan fingerprint density at radius 3 is 2.45 bits per heavy atom. The summed E-state index contributed by atoms with van der Waals surface area (Å²) in [5.41, 5.74) is 3.15. The number of aryl methyl sites for hydroxylation is 1.